The molecule has 0 amide bonds. The number of nitrogens with one attached hydrogen (secondary N) is 2. The smallest absolute Gasteiger partial charge is 0.387 e. The number of fused-ring (bicyclic) bond motifs is 2. The normalized spacial score (nSPS) is 14.7. The largest absolute Gasteiger partial charge is 0.460 e. The third kappa shape index (κ3) is 6.68. The Kier molecular flexibility index (Phi) is 9.54. The van der Waals surface area contributed by atoms with E-state index in [2.05, 4.69) is 10.6 Å². The van der Waals surface area contributed by atoms with Crippen LogP contribution in [0.25, 0.3) is 56.2 Å². The molecule has 0 spiro atoms. The third-order valence-corrected chi connectivity index (χ3v) is 9.39. The fraction of sp³-hybridized carbons (Fsp3) is 0.289. The second-order valence-corrected chi connectivity index (χ2v) is 12.7. The van der Waals surface area contributed by atoms with Crippen LogP contribution in [0, 0.1) is 13.8 Å². The molecule has 2 N–H and O–H groups in total. The van der Waals surface area contributed by atoms with Gasteiger partial charge in [-0.05, 0) is 91.9 Å². The molecule has 4 aromatic carbocycles. The van der Waals surface area contributed by atoms with Crippen molar-refractivity contribution in [1.82, 2.24) is 20.6 Å². The van der Waals surface area contributed by atoms with E-state index < -0.39 is 18.6 Å². The summed E-state index contributed by atoms with van der Waals surface area (Å²) in [6, 6.07) is 18.1. The number of carbonyl (C=O) groups excluding carboxylic acids is 1. The van der Waals surface area contributed by atoms with Gasteiger partial charge in [0.05, 0.1) is 0 Å². The molecule has 12 heteroatoms. The highest BCUT2D eigenvalue weighted by molar-refractivity contribution is 6.32. The number of rotatable bonds is 11. The Labute approximate surface area is 291 Å². The van der Waals surface area contributed by atoms with Crippen LogP contribution in [0.3, 0.4) is 0 Å². The Balaban J connectivity index is 1.21. The molecule has 1 atom stereocenters. The molecule has 0 saturated carbocycles. The Morgan fingerprint density at radius 2 is 1.54 bits per heavy atom. The summed E-state index contributed by atoms with van der Waals surface area (Å²) in [5, 5.41) is 6.99. The van der Waals surface area contributed by atoms with Gasteiger partial charge in [-0.2, -0.15) is 8.78 Å². The molecule has 1 saturated heterocycles. The fourth-order valence-corrected chi connectivity index (χ4v) is 6.61. The molecule has 0 radical (unpaired) electrons. The van der Waals surface area contributed by atoms with Crippen molar-refractivity contribution in [3.63, 3.8) is 0 Å². The second kappa shape index (κ2) is 14.2. The lowest BCUT2D eigenvalue weighted by Crippen LogP contribution is -2.32. The summed E-state index contributed by atoms with van der Waals surface area (Å²) in [7, 11) is 0. The van der Waals surface area contributed by atoms with E-state index in [4.69, 9.17) is 39.9 Å². The monoisotopic (exact) mass is 700 g/mol. The van der Waals surface area contributed by atoms with E-state index in [0.717, 1.165) is 64.0 Å². The third-order valence-electron chi connectivity index (χ3n) is 9.04. The maximum atomic E-state index is 13.4. The lowest BCUT2D eigenvalue weighted by Gasteiger charge is -2.14. The molecule has 1 aliphatic heterocycles. The van der Waals surface area contributed by atoms with Crippen LogP contribution in [-0.4, -0.2) is 41.7 Å². The zero-order valence-electron chi connectivity index (χ0n) is 27.7. The van der Waals surface area contributed by atoms with Crippen LogP contribution < -0.4 is 15.4 Å². The van der Waals surface area contributed by atoms with Gasteiger partial charge in [-0.15, -0.1) is 0 Å². The highest BCUT2D eigenvalue weighted by atomic mass is 35.5. The predicted octanol–water partition coefficient (Wildman–Crippen LogP) is 8.75. The quantitative estimate of drug-likeness (QED) is 0.128. The minimum Gasteiger partial charge on any atom is -0.460 e. The maximum Gasteiger partial charge on any atom is 0.387 e. The molecular formula is C38H35ClF2N4O5. The molecule has 50 heavy (non-hydrogen) atoms. The number of oxazole rings is 2. The Morgan fingerprint density at radius 3 is 2.12 bits per heavy atom. The molecule has 0 aliphatic carbocycles. The average Bonchev–Trinajstić information content (AvgIpc) is 3.86. The number of esters is 1. The van der Waals surface area contributed by atoms with Gasteiger partial charge in [0.15, 0.2) is 11.2 Å². The number of nitrogens with zero attached hydrogens (tertiary/aromatic N) is 2. The molecule has 3 heterocycles. The first kappa shape index (κ1) is 33.6. The molecule has 1 aliphatic rings. The van der Waals surface area contributed by atoms with E-state index in [-0.39, 0.29) is 23.5 Å². The molecule has 0 bridgehead atoms. The second-order valence-electron chi connectivity index (χ2n) is 12.2. The molecule has 9 nitrogen and oxygen atoms in total. The summed E-state index contributed by atoms with van der Waals surface area (Å²) in [5.74, 6) is 0.222. The zero-order valence-corrected chi connectivity index (χ0v) is 28.5. The maximum absolute atomic E-state index is 13.4. The van der Waals surface area contributed by atoms with Gasteiger partial charge in [0.2, 0.25) is 11.8 Å². The van der Waals surface area contributed by atoms with Gasteiger partial charge in [-0.25, -0.2) is 9.97 Å². The Bertz CT molecular complexity index is 2210. The van der Waals surface area contributed by atoms with Crippen molar-refractivity contribution in [2.75, 3.05) is 13.1 Å². The van der Waals surface area contributed by atoms with E-state index in [1.165, 1.54) is 6.07 Å². The van der Waals surface area contributed by atoms with Gasteiger partial charge in [-0.3, -0.25) is 4.79 Å². The van der Waals surface area contributed by atoms with E-state index in [1.54, 1.807) is 12.1 Å². The van der Waals surface area contributed by atoms with Crippen LogP contribution in [-0.2, 0) is 22.7 Å². The number of aromatic nitrogens is 2. The van der Waals surface area contributed by atoms with Gasteiger partial charge in [0, 0.05) is 40.4 Å². The SMILES string of the molecule is CCNCc1cc2nc(-c3cccc(-c4cccc(-c5nc6cc(COC(=O)[C@@H]7CCCN7)c(OC(F)F)cc6o5)c4C)c3C)oc2cc1Cl. The predicted molar refractivity (Wildman–Crippen MR) is 187 cm³/mol. The van der Waals surface area contributed by atoms with Crippen LogP contribution in [0.15, 0.2) is 69.5 Å². The number of hydrogen-bond donors (Lipinski definition) is 2. The zero-order chi connectivity index (χ0) is 34.9. The number of hydrogen-bond acceptors (Lipinski definition) is 9. The highest BCUT2D eigenvalue weighted by Crippen LogP contribution is 2.39. The topological polar surface area (TPSA) is 112 Å². The van der Waals surface area contributed by atoms with Gasteiger partial charge in [0.1, 0.15) is 29.4 Å². The van der Waals surface area contributed by atoms with Gasteiger partial charge in [0.25, 0.3) is 0 Å². The van der Waals surface area contributed by atoms with Crippen LogP contribution in [0.2, 0.25) is 5.02 Å². The van der Waals surface area contributed by atoms with E-state index in [9.17, 15) is 13.6 Å². The summed E-state index contributed by atoms with van der Waals surface area (Å²) < 4.78 is 49.3. The Hall–Kier alpha value is -4.84. The van der Waals surface area contributed by atoms with E-state index in [0.29, 0.717) is 40.9 Å². The summed E-state index contributed by atoms with van der Waals surface area (Å²) >= 11 is 6.53. The van der Waals surface area contributed by atoms with E-state index >= 15 is 0 Å². The first-order chi connectivity index (χ1) is 24.2. The molecule has 1 fully saturated rings. The number of carbonyl (C=O) groups is 1. The van der Waals surface area contributed by atoms with Crippen molar-refractivity contribution in [2.45, 2.75) is 59.4 Å². The molecule has 7 rings (SSSR count). The number of alkyl halides is 2. The van der Waals surface area contributed by atoms with Crippen molar-refractivity contribution >= 4 is 39.8 Å². The first-order valence-corrected chi connectivity index (χ1v) is 16.9. The van der Waals surface area contributed by atoms with Crippen LogP contribution in [0.4, 0.5) is 8.78 Å². The summed E-state index contributed by atoms with van der Waals surface area (Å²) in [6.45, 7) is 4.91. The van der Waals surface area contributed by atoms with Gasteiger partial charge >= 0.3 is 12.6 Å². The minimum atomic E-state index is -3.08. The molecule has 6 aromatic rings. The van der Waals surface area contributed by atoms with Crippen molar-refractivity contribution in [2.24, 2.45) is 0 Å². The highest BCUT2D eigenvalue weighted by Gasteiger charge is 2.25. The van der Waals surface area contributed by atoms with Gasteiger partial charge in [-0.1, -0.05) is 42.8 Å². The van der Waals surface area contributed by atoms with Crippen LogP contribution in [0.1, 0.15) is 42.0 Å². The van der Waals surface area contributed by atoms with Crippen molar-refractivity contribution in [1.29, 1.82) is 0 Å². The lowest BCUT2D eigenvalue weighted by molar-refractivity contribution is -0.147. The number of benzene rings is 4. The fourth-order valence-electron chi connectivity index (χ4n) is 6.39. The summed E-state index contributed by atoms with van der Waals surface area (Å²) in [5.41, 5.74) is 8.59. The number of halogens is 3. The molecule has 2 aromatic heterocycles. The number of ether oxygens (including phenoxy) is 2. The van der Waals surface area contributed by atoms with Crippen molar-refractivity contribution in [3.05, 3.63) is 87.9 Å². The summed E-state index contributed by atoms with van der Waals surface area (Å²) in [4.78, 5) is 22.0. The lowest BCUT2D eigenvalue weighted by atomic mass is 9.91. The standard InChI is InChI=1S/C38H35ClF2N4O5/c1-4-42-18-22-14-30-33(16-28(22)39)48-35(44-30)26-10-5-8-24(20(26)2)25-9-6-11-27(21(25)3)36-45-31-15-23(19-47-37(46)29-12-7-13-43-29)32(50-38(40)41)17-34(31)49-36/h5-6,8-11,14-17,29,38,42-43H,4,7,12-13,18-19H2,1-3H3/t29-/m0/s1. The minimum absolute atomic E-state index is 0.143. The average molecular weight is 701 g/mol. The van der Waals surface area contributed by atoms with E-state index in [1.807, 2.05) is 63.2 Å². The molecule has 0 unspecified atom stereocenters. The van der Waals surface area contributed by atoms with Crippen molar-refractivity contribution in [3.8, 4) is 39.8 Å². The Morgan fingerprint density at radius 1 is 0.940 bits per heavy atom. The van der Waals surface area contributed by atoms with Gasteiger partial charge < -0.3 is 28.9 Å². The molecular weight excluding hydrogens is 666 g/mol. The van der Waals surface area contributed by atoms with Crippen molar-refractivity contribution < 1.29 is 31.9 Å². The first-order valence-electron chi connectivity index (χ1n) is 16.5. The van der Waals surface area contributed by atoms with Crippen LogP contribution in [0.5, 0.6) is 5.75 Å². The molecule has 258 valence electrons. The summed E-state index contributed by atoms with van der Waals surface area (Å²) in [6.07, 6.45) is 1.53. The van der Waals surface area contributed by atoms with Crippen LogP contribution >= 0.6 is 11.6 Å².